The number of hydrogen-bond acceptors (Lipinski definition) is 4. The standard InChI is InChI=1S/C17H17ClO4/c18-12-3-1-2-11(8-12)9-13(19)4-6-16(21)15-10-14(20)5-7-17(15)22/h1-3,5,7-8,10,16,20-22H,4,6,9H2. The molecule has 0 fully saturated rings. The lowest BCUT2D eigenvalue weighted by Crippen LogP contribution is -2.06. The SMILES string of the molecule is O=C(CCC(O)c1cc(O)ccc1O)Cc1cccc(Cl)c1. The summed E-state index contributed by atoms with van der Waals surface area (Å²) in [5.74, 6) is -0.175. The van der Waals surface area contributed by atoms with E-state index in [0.29, 0.717) is 5.02 Å². The van der Waals surface area contributed by atoms with Crippen molar-refractivity contribution in [2.75, 3.05) is 0 Å². The monoisotopic (exact) mass is 320 g/mol. The van der Waals surface area contributed by atoms with Crippen LogP contribution in [-0.2, 0) is 11.2 Å². The van der Waals surface area contributed by atoms with Gasteiger partial charge in [-0.25, -0.2) is 0 Å². The van der Waals surface area contributed by atoms with Crippen LogP contribution in [-0.4, -0.2) is 21.1 Å². The molecule has 1 atom stereocenters. The average molecular weight is 321 g/mol. The van der Waals surface area contributed by atoms with Gasteiger partial charge in [0.05, 0.1) is 6.10 Å². The first-order valence-corrected chi connectivity index (χ1v) is 7.29. The molecule has 0 aliphatic rings. The molecule has 0 radical (unpaired) electrons. The number of phenols is 2. The van der Waals surface area contributed by atoms with Crippen LogP contribution in [0.2, 0.25) is 5.02 Å². The molecule has 2 aromatic rings. The van der Waals surface area contributed by atoms with E-state index in [4.69, 9.17) is 11.6 Å². The van der Waals surface area contributed by atoms with Crippen molar-refractivity contribution in [2.24, 2.45) is 0 Å². The van der Waals surface area contributed by atoms with E-state index in [1.165, 1.54) is 18.2 Å². The van der Waals surface area contributed by atoms with Gasteiger partial charge >= 0.3 is 0 Å². The Labute approximate surface area is 133 Å². The van der Waals surface area contributed by atoms with Crippen LogP contribution in [0.1, 0.15) is 30.1 Å². The van der Waals surface area contributed by atoms with Crippen molar-refractivity contribution in [3.05, 3.63) is 58.6 Å². The molecule has 0 spiro atoms. The van der Waals surface area contributed by atoms with Crippen molar-refractivity contribution in [2.45, 2.75) is 25.4 Å². The van der Waals surface area contributed by atoms with Crippen LogP contribution in [0.3, 0.4) is 0 Å². The van der Waals surface area contributed by atoms with Crippen molar-refractivity contribution in [1.29, 1.82) is 0 Å². The van der Waals surface area contributed by atoms with Crippen molar-refractivity contribution < 1.29 is 20.1 Å². The van der Waals surface area contributed by atoms with Gasteiger partial charge in [0.2, 0.25) is 0 Å². The van der Waals surface area contributed by atoms with Crippen LogP contribution in [0.15, 0.2) is 42.5 Å². The third kappa shape index (κ3) is 4.48. The zero-order valence-electron chi connectivity index (χ0n) is 11.9. The predicted molar refractivity (Wildman–Crippen MR) is 84.1 cm³/mol. The number of hydrogen-bond donors (Lipinski definition) is 3. The van der Waals surface area contributed by atoms with Gasteiger partial charge in [0.1, 0.15) is 17.3 Å². The number of benzene rings is 2. The van der Waals surface area contributed by atoms with Gasteiger partial charge in [0, 0.05) is 23.4 Å². The number of Topliss-reactive ketones (excluding diaryl/α,β-unsaturated/α-hetero) is 1. The Morgan fingerprint density at radius 3 is 2.64 bits per heavy atom. The van der Waals surface area contributed by atoms with E-state index in [1.807, 2.05) is 6.07 Å². The lowest BCUT2D eigenvalue weighted by atomic mass is 9.99. The van der Waals surface area contributed by atoms with E-state index in [-0.39, 0.29) is 42.1 Å². The Bertz CT molecular complexity index is 669. The molecule has 22 heavy (non-hydrogen) atoms. The maximum atomic E-state index is 11.9. The quantitative estimate of drug-likeness (QED) is 0.713. The van der Waals surface area contributed by atoms with Gasteiger partial charge in [-0.1, -0.05) is 23.7 Å². The second kappa shape index (κ2) is 7.29. The second-order valence-electron chi connectivity index (χ2n) is 5.14. The molecular weight excluding hydrogens is 304 g/mol. The van der Waals surface area contributed by atoms with E-state index < -0.39 is 6.10 Å². The summed E-state index contributed by atoms with van der Waals surface area (Å²) >= 11 is 5.87. The first-order valence-electron chi connectivity index (χ1n) is 6.92. The Balaban J connectivity index is 1.92. The van der Waals surface area contributed by atoms with Crippen LogP contribution >= 0.6 is 11.6 Å². The lowest BCUT2D eigenvalue weighted by Gasteiger charge is -2.12. The summed E-state index contributed by atoms with van der Waals surface area (Å²) in [6.45, 7) is 0. The Morgan fingerprint density at radius 1 is 1.14 bits per heavy atom. The number of aliphatic hydroxyl groups is 1. The van der Waals surface area contributed by atoms with Crippen LogP contribution in [0.5, 0.6) is 11.5 Å². The van der Waals surface area contributed by atoms with E-state index in [9.17, 15) is 20.1 Å². The molecule has 3 N–H and O–H groups in total. The maximum absolute atomic E-state index is 11.9. The zero-order chi connectivity index (χ0) is 16.1. The third-order valence-electron chi connectivity index (χ3n) is 3.36. The Hall–Kier alpha value is -2.04. The second-order valence-corrected chi connectivity index (χ2v) is 5.58. The number of phenolic OH excluding ortho intramolecular Hbond substituents is 2. The zero-order valence-corrected chi connectivity index (χ0v) is 12.6. The molecule has 0 saturated carbocycles. The molecule has 1 unspecified atom stereocenters. The highest BCUT2D eigenvalue weighted by Crippen LogP contribution is 2.30. The largest absolute Gasteiger partial charge is 0.508 e. The Morgan fingerprint density at radius 2 is 1.91 bits per heavy atom. The van der Waals surface area contributed by atoms with Crippen molar-refractivity contribution in [1.82, 2.24) is 0 Å². The number of rotatable bonds is 6. The minimum atomic E-state index is -1.00. The molecule has 0 amide bonds. The summed E-state index contributed by atoms with van der Waals surface area (Å²) in [6.07, 6.45) is -0.409. The van der Waals surface area contributed by atoms with Gasteiger partial charge < -0.3 is 15.3 Å². The lowest BCUT2D eigenvalue weighted by molar-refractivity contribution is -0.119. The van der Waals surface area contributed by atoms with Gasteiger partial charge in [0.15, 0.2) is 0 Å². The van der Waals surface area contributed by atoms with E-state index >= 15 is 0 Å². The van der Waals surface area contributed by atoms with E-state index in [1.54, 1.807) is 18.2 Å². The first-order chi connectivity index (χ1) is 10.5. The normalized spacial score (nSPS) is 12.1. The molecule has 116 valence electrons. The summed E-state index contributed by atoms with van der Waals surface area (Å²) in [6, 6.07) is 11.0. The Kier molecular flexibility index (Phi) is 5.41. The fourth-order valence-corrected chi connectivity index (χ4v) is 2.44. The van der Waals surface area contributed by atoms with Crippen LogP contribution < -0.4 is 0 Å². The van der Waals surface area contributed by atoms with Gasteiger partial charge in [-0.3, -0.25) is 4.79 Å². The molecule has 0 heterocycles. The van der Waals surface area contributed by atoms with Crippen molar-refractivity contribution >= 4 is 17.4 Å². The summed E-state index contributed by atoms with van der Waals surface area (Å²) in [4.78, 5) is 11.9. The first kappa shape index (κ1) is 16.3. The third-order valence-corrected chi connectivity index (χ3v) is 3.59. The van der Waals surface area contributed by atoms with Gasteiger partial charge in [0.25, 0.3) is 0 Å². The van der Waals surface area contributed by atoms with Crippen molar-refractivity contribution in [3.8, 4) is 11.5 Å². The topological polar surface area (TPSA) is 77.8 Å². The van der Waals surface area contributed by atoms with Crippen LogP contribution in [0.4, 0.5) is 0 Å². The van der Waals surface area contributed by atoms with Crippen LogP contribution in [0, 0.1) is 0 Å². The predicted octanol–water partition coefficient (Wildman–Crippen LogP) is 3.38. The van der Waals surface area contributed by atoms with Gasteiger partial charge in [-0.15, -0.1) is 0 Å². The molecule has 0 aliphatic heterocycles. The van der Waals surface area contributed by atoms with E-state index in [2.05, 4.69) is 0 Å². The molecule has 0 bridgehead atoms. The summed E-state index contributed by atoms with van der Waals surface area (Å²) in [7, 11) is 0. The molecule has 4 nitrogen and oxygen atoms in total. The van der Waals surface area contributed by atoms with Crippen molar-refractivity contribution in [3.63, 3.8) is 0 Å². The molecule has 0 aromatic heterocycles. The number of aliphatic hydroxyl groups excluding tert-OH is 1. The number of ketones is 1. The molecule has 0 aliphatic carbocycles. The fourth-order valence-electron chi connectivity index (χ4n) is 2.23. The number of aromatic hydroxyl groups is 2. The highest BCUT2D eigenvalue weighted by Gasteiger charge is 2.15. The molecule has 2 aromatic carbocycles. The molecular formula is C17H17ClO4. The smallest absolute Gasteiger partial charge is 0.137 e. The number of carbonyl (C=O) groups is 1. The van der Waals surface area contributed by atoms with E-state index in [0.717, 1.165) is 5.56 Å². The maximum Gasteiger partial charge on any atom is 0.137 e. The summed E-state index contributed by atoms with van der Waals surface area (Å²) in [5, 5.41) is 29.7. The van der Waals surface area contributed by atoms with Gasteiger partial charge in [-0.05, 0) is 42.3 Å². The highest BCUT2D eigenvalue weighted by atomic mass is 35.5. The molecule has 2 rings (SSSR count). The fraction of sp³-hybridized carbons (Fsp3) is 0.235. The summed E-state index contributed by atoms with van der Waals surface area (Å²) < 4.78 is 0. The minimum absolute atomic E-state index is 0.0269. The molecule has 5 heteroatoms. The average Bonchev–Trinajstić information content (AvgIpc) is 2.47. The minimum Gasteiger partial charge on any atom is -0.508 e. The van der Waals surface area contributed by atoms with Gasteiger partial charge in [-0.2, -0.15) is 0 Å². The number of carbonyl (C=O) groups excluding carboxylic acids is 1. The molecule has 0 saturated heterocycles. The van der Waals surface area contributed by atoms with Crippen LogP contribution in [0.25, 0.3) is 0 Å². The number of halogens is 1. The summed E-state index contributed by atoms with van der Waals surface area (Å²) in [5.41, 5.74) is 1.04. The highest BCUT2D eigenvalue weighted by molar-refractivity contribution is 6.30.